The highest BCUT2D eigenvalue weighted by Crippen LogP contribution is 2.28. The number of fused-ring (bicyclic) bond motifs is 3. The van der Waals surface area contributed by atoms with Gasteiger partial charge in [-0.1, -0.05) is 87.6 Å². The summed E-state index contributed by atoms with van der Waals surface area (Å²) in [5, 5.41) is 2.74. The molecule has 2 heterocycles. The van der Waals surface area contributed by atoms with Crippen LogP contribution in [0.1, 0.15) is 51.0 Å². The Kier molecular flexibility index (Phi) is 7.88. The van der Waals surface area contributed by atoms with Gasteiger partial charge in [0, 0.05) is 34.5 Å². The number of halogens is 1. The lowest BCUT2D eigenvalue weighted by atomic mass is 10.1. The molecule has 0 bridgehead atoms. The number of aromatic nitrogens is 2. The fourth-order valence-corrected chi connectivity index (χ4v) is 4.22. The number of hydrogen-bond donors (Lipinski definition) is 0. The lowest BCUT2D eigenvalue weighted by Crippen LogP contribution is -3.00. The molecule has 0 unspecified atom stereocenters. The third-order valence-electron chi connectivity index (χ3n) is 5.72. The van der Waals surface area contributed by atoms with Gasteiger partial charge in [-0.2, -0.15) is 4.57 Å². The van der Waals surface area contributed by atoms with Gasteiger partial charge in [0.2, 0.25) is 0 Å². The summed E-state index contributed by atoms with van der Waals surface area (Å²) >= 11 is 0. The van der Waals surface area contributed by atoms with E-state index in [1.54, 1.807) is 0 Å². The van der Waals surface area contributed by atoms with Crippen LogP contribution in [0.2, 0.25) is 0 Å². The predicted molar refractivity (Wildman–Crippen MR) is 119 cm³/mol. The van der Waals surface area contributed by atoms with Gasteiger partial charge in [0.1, 0.15) is 5.52 Å². The van der Waals surface area contributed by atoms with Gasteiger partial charge in [-0.3, -0.25) is 0 Å². The van der Waals surface area contributed by atoms with Crippen molar-refractivity contribution in [3.63, 3.8) is 0 Å². The molecule has 0 aliphatic carbocycles. The van der Waals surface area contributed by atoms with Crippen molar-refractivity contribution in [1.29, 1.82) is 0 Å². The predicted octanol–water partition coefficient (Wildman–Crippen LogP) is 3.49. The molecular formula is C26H31BrN2. The maximum Gasteiger partial charge on any atom is 0.193 e. The monoisotopic (exact) mass is 450 g/mol. The second kappa shape index (κ2) is 10.6. The van der Waals surface area contributed by atoms with Gasteiger partial charge >= 0.3 is 0 Å². The number of benzene rings is 2. The van der Waals surface area contributed by atoms with Crippen molar-refractivity contribution in [3.8, 4) is 0 Å². The molecule has 2 nitrogen and oxygen atoms in total. The molecule has 0 aliphatic rings. The summed E-state index contributed by atoms with van der Waals surface area (Å²) in [7, 11) is 0. The summed E-state index contributed by atoms with van der Waals surface area (Å²) in [5.41, 5.74) is 4.06. The maximum atomic E-state index is 2.53. The second-order valence-electron chi connectivity index (χ2n) is 7.84. The van der Waals surface area contributed by atoms with E-state index in [-0.39, 0.29) is 17.0 Å². The number of aryl methyl sites for hydroxylation is 1. The minimum Gasteiger partial charge on any atom is -1.00 e. The first kappa shape index (κ1) is 21.6. The highest BCUT2D eigenvalue weighted by molar-refractivity contribution is 6.07. The number of rotatable bonds is 9. The number of pyridine rings is 1. The summed E-state index contributed by atoms with van der Waals surface area (Å²) in [4.78, 5) is 0. The zero-order valence-corrected chi connectivity index (χ0v) is 18.9. The van der Waals surface area contributed by atoms with Crippen LogP contribution in [0.3, 0.4) is 0 Å². The highest BCUT2D eigenvalue weighted by Gasteiger charge is 2.14. The fourth-order valence-electron chi connectivity index (χ4n) is 4.22. The van der Waals surface area contributed by atoms with Crippen LogP contribution in [-0.4, -0.2) is 4.57 Å². The van der Waals surface area contributed by atoms with Crippen molar-refractivity contribution in [2.24, 2.45) is 0 Å². The highest BCUT2D eigenvalue weighted by atomic mass is 79.9. The van der Waals surface area contributed by atoms with Crippen LogP contribution < -0.4 is 21.5 Å². The lowest BCUT2D eigenvalue weighted by Gasteiger charge is -2.07. The number of para-hydroxylation sites is 1. The van der Waals surface area contributed by atoms with E-state index < -0.39 is 0 Å². The number of unbranched alkanes of at least 4 members (excludes halogenated alkanes) is 5. The quantitative estimate of drug-likeness (QED) is 0.272. The van der Waals surface area contributed by atoms with Crippen LogP contribution in [0, 0.1) is 0 Å². The van der Waals surface area contributed by atoms with Gasteiger partial charge in [0.15, 0.2) is 18.9 Å². The van der Waals surface area contributed by atoms with Crippen LogP contribution in [0.5, 0.6) is 0 Å². The fraction of sp³-hybridized carbons (Fsp3) is 0.346. The smallest absolute Gasteiger partial charge is 0.193 e. The average molecular weight is 451 g/mol. The molecule has 4 aromatic rings. The Morgan fingerprint density at radius 2 is 1.41 bits per heavy atom. The van der Waals surface area contributed by atoms with Gasteiger partial charge in [0.25, 0.3) is 0 Å². The number of hydrogen-bond acceptors (Lipinski definition) is 0. The molecule has 0 saturated heterocycles. The van der Waals surface area contributed by atoms with Crippen molar-refractivity contribution < 1.29 is 21.5 Å². The summed E-state index contributed by atoms with van der Waals surface area (Å²) in [5.74, 6) is 0. The Bertz CT molecular complexity index is 1040. The van der Waals surface area contributed by atoms with Gasteiger partial charge in [0.05, 0.1) is 0 Å². The van der Waals surface area contributed by atoms with Crippen molar-refractivity contribution in [2.45, 2.75) is 58.5 Å². The minimum atomic E-state index is 0. The largest absolute Gasteiger partial charge is 1.00 e. The zero-order chi connectivity index (χ0) is 19.2. The van der Waals surface area contributed by atoms with E-state index in [9.17, 15) is 0 Å². The van der Waals surface area contributed by atoms with Crippen LogP contribution in [0.25, 0.3) is 21.8 Å². The Hall–Kier alpha value is -2.13. The zero-order valence-electron chi connectivity index (χ0n) is 17.4. The van der Waals surface area contributed by atoms with Crippen LogP contribution in [0.4, 0.5) is 0 Å². The molecule has 2 aromatic carbocycles. The first-order valence-corrected chi connectivity index (χ1v) is 10.8. The van der Waals surface area contributed by atoms with Crippen LogP contribution in [0.15, 0.2) is 73.1 Å². The molecule has 0 atom stereocenters. The number of nitrogens with zero attached hydrogens (tertiary/aromatic N) is 2. The average Bonchev–Trinajstić information content (AvgIpc) is 3.04. The lowest BCUT2D eigenvalue weighted by molar-refractivity contribution is -0.687. The van der Waals surface area contributed by atoms with Crippen molar-refractivity contribution in [1.82, 2.24) is 4.57 Å². The Labute approximate surface area is 184 Å². The Morgan fingerprint density at radius 1 is 0.724 bits per heavy atom. The van der Waals surface area contributed by atoms with Crippen molar-refractivity contribution in [2.75, 3.05) is 0 Å². The first-order chi connectivity index (χ1) is 13.9. The maximum absolute atomic E-state index is 2.53. The topological polar surface area (TPSA) is 8.81 Å². The Balaban J connectivity index is 0.00000240. The van der Waals surface area contributed by atoms with Gasteiger partial charge < -0.3 is 21.5 Å². The first-order valence-electron chi connectivity index (χ1n) is 10.8. The molecule has 4 rings (SSSR count). The molecule has 0 radical (unpaired) electrons. The normalized spacial score (nSPS) is 11.1. The standard InChI is InChI=1S/C26H31N2.BrH/c1-2-3-4-5-6-12-18-28-25-16-11-10-15-23(25)24-17-19-27(21-26(24)28)20-22-13-8-7-9-14-22;/h7-11,13-17,19,21H,2-6,12,18,20H2,1H3;1H/q+1;/p-1. The molecular weight excluding hydrogens is 420 g/mol. The molecule has 0 fully saturated rings. The Morgan fingerprint density at radius 3 is 2.24 bits per heavy atom. The summed E-state index contributed by atoms with van der Waals surface area (Å²) < 4.78 is 4.85. The van der Waals surface area contributed by atoms with E-state index in [0.717, 1.165) is 13.1 Å². The minimum absolute atomic E-state index is 0. The van der Waals surface area contributed by atoms with E-state index >= 15 is 0 Å². The summed E-state index contributed by atoms with van der Waals surface area (Å²) in [6, 6.07) is 21.8. The molecule has 0 N–H and O–H groups in total. The van der Waals surface area contributed by atoms with Crippen LogP contribution in [-0.2, 0) is 13.1 Å². The van der Waals surface area contributed by atoms with E-state index in [2.05, 4.69) is 89.1 Å². The van der Waals surface area contributed by atoms with Gasteiger partial charge in [-0.05, 0) is 12.5 Å². The molecule has 3 heteroatoms. The molecule has 0 aliphatic heterocycles. The van der Waals surface area contributed by atoms with Crippen molar-refractivity contribution >= 4 is 21.8 Å². The molecule has 29 heavy (non-hydrogen) atoms. The third-order valence-corrected chi connectivity index (χ3v) is 5.72. The van der Waals surface area contributed by atoms with Gasteiger partial charge in [-0.15, -0.1) is 0 Å². The summed E-state index contributed by atoms with van der Waals surface area (Å²) in [6.45, 7) is 4.30. The molecule has 0 spiro atoms. The van der Waals surface area contributed by atoms with Gasteiger partial charge in [-0.25, -0.2) is 0 Å². The molecule has 0 amide bonds. The molecule has 0 saturated carbocycles. The molecule has 2 aromatic heterocycles. The summed E-state index contributed by atoms with van der Waals surface area (Å²) in [6.07, 6.45) is 12.6. The SMILES string of the molecule is CCCCCCCCn1c2ccccc2c2cc[n+](Cc3ccccc3)cc21.[Br-]. The third kappa shape index (κ3) is 5.08. The van der Waals surface area contributed by atoms with E-state index in [1.807, 2.05) is 0 Å². The van der Waals surface area contributed by atoms with E-state index in [0.29, 0.717) is 0 Å². The molecule has 152 valence electrons. The second-order valence-corrected chi connectivity index (χ2v) is 7.84. The van der Waals surface area contributed by atoms with E-state index in [4.69, 9.17) is 0 Å². The van der Waals surface area contributed by atoms with E-state index in [1.165, 1.54) is 65.9 Å². The van der Waals surface area contributed by atoms with Crippen LogP contribution >= 0.6 is 0 Å². The van der Waals surface area contributed by atoms with Crippen molar-refractivity contribution in [3.05, 3.63) is 78.6 Å².